The molecule has 178 valence electrons. The number of carbonyl (C=O) groups is 1. The van der Waals surface area contributed by atoms with Gasteiger partial charge in [-0.2, -0.15) is 4.31 Å². The van der Waals surface area contributed by atoms with Gasteiger partial charge in [-0.15, -0.1) is 0 Å². The molecule has 0 aliphatic carbocycles. The first-order valence-electron chi connectivity index (χ1n) is 10.8. The summed E-state index contributed by atoms with van der Waals surface area (Å²) in [5, 5.41) is 3.33. The van der Waals surface area contributed by atoms with Crippen LogP contribution in [0.15, 0.2) is 77.7 Å². The fourth-order valence-corrected chi connectivity index (χ4v) is 5.51. The van der Waals surface area contributed by atoms with Gasteiger partial charge in [-0.25, -0.2) is 8.42 Å². The van der Waals surface area contributed by atoms with E-state index in [0.29, 0.717) is 47.3 Å². The number of hydrogen-bond donors (Lipinski definition) is 1. The summed E-state index contributed by atoms with van der Waals surface area (Å²) in [6.45, 7) is 0.452. The second-order valence-corrected chi connectivity index (χ2v) is 10.3. The maximum atomic E-state index is 13.1. The number of nitrogens with zero attached hydrogens (tertiary/aromatic N) is 1. The molecule has 0 aromatic heterocycles. The molecule has 1 aliphatic rings. The summed E-state index contributed by atoms with van der Waals surface area (Å²) in [7, 11) is -2.21. The fourth-order valence-electron chi connectivity index (χ4n) is 3.81. The number of nitrogens with one attached hydrogen (secondary N) is 1. The van der Waals surface area contributed by atoms with E-state index in [9.17, 15) is 13.2 Å². The molecule has 0 spiro atoms. The zero-order valence-electron chi connectivity index (χ0n) is 18.6. The van der Waals surface area contributed by atoms with Gasteiger partial charge in [0.2, 0.25) is 15.9 Å². The minimum Gasteiger partial charge on any atom is -0.497 e. The van der Waals surface area contributed by atoms with E-state index >= 15 is 0 Å². The number of rotatable bonds is 7. The summed E-state index contributed by atoms with van der Waals surface area (Å²) < 4.78 is 38.6. The third-order valence-electron chi connectivity index (χ3n) is 5.62. The van der Waals surface area contributed by atoms with Crippen molar-refractivity contribution in [3.63, 3.8) is 0 Å². The van der Waals surface area contributed by atoms with Crippen molar-refractivity contribution in [2.24, 2.45) is 5.92 Å². The number of methoxy groups -OCH3 is 1. The minimum atomic E-state index is -3.73. The van der Waals surface area contributed by atoms with Gasteiger partial charge in [0, 0.05) is 18.1 Å². The molecule has 1 atom stereocenters. The second-order valence-electron chi connectivity index (χ2n) is 7.92. The fraction of sp³-hybridized carbons (Fsp3) is 0.240. The largest absolute Gasteiger partial charge is 0.497 e. The average molecular weight is 501 g/mol. The molecule has 4 rings (SSSR count). The zero-order valence-corrected chi connectivity index (χ0v) is 20.2. The first-order chi connectivity index (χ1) is 16.4. The van der Waals surface area contributed by atoms with Crippen molar-refractivity contribution >= 4 is 33.2 Å². The molecule has 34 heavy (non-hydrogen) atoms. The third kappa shape index (κ3) is 5.52. The third-order valence-corrected chi connectivity index (χ3v) is 7.74. The molecule has 1 amide bonds. The van der Waals surface area contributed by atoms with Gasteiger partial charge in [-0.3, -0.25) is 4.79 Å². The van der Waals surface area contributed by atoms with Crippen molar-refractivity contribution in [2.45, 2.75) is 17.7 Å². The monoisotopic (exact) mass is 500 g/mol. The first kappa shape index (κ1) is 24.1. The molecule has 1 aliphatic heterocycles. The number of carbonyl (C=O) groups excluding carboxylic acids is 1. The smallest absolute Gasteiger partial charge is 0.243 e. The Labute approximate surface area is 204 Å². The summed E-state index contributed by atoms with van der Waals surface area (Å²) in [5.74, 6) is 0.849. The molecule has 1 heterocycles. The van der Waals surface area contributed by atoms with E-state index in [4.69, 9.17) is 21.1 Å². The minimum absolute atomic E-state index is 0.0929. The lowest BCUT2D eigenvalue weighted by molar-refractivity contribution is -0.120. The van der Waals surface area contributed by atoms with Gasteiger partial charge < -0.3 is 14.8 Å². The molecular weight excluding hydrogens is 476 g/mol. The highest BCUT2D eigenvalue weighted by atomic mass is 35.5. The van der Waals surface area contributed by atoms with Gasteiger partial charge in [-0.05, 0) is 67.4 Å². The van der Waals surface area contributed by atoms with Crippen LogP contribution in [0.2, 0.25) is 5.02 Å². The topological polar surface area (TPSA) is 84.9 Å². The second kappa shape index (κ2) is 10.5. The zero-order chi connectivity index (χ0) is 24.1. The molecule has 0 radical (unpaired) electrons. The Morgan fingerprint density at radius 3 is 2.47 bits per heavy atom. The first-order valence-corrected chi connectivity index (χ1v) is 12.7. The van der Waals surface area contributed by atoms with Crippen LogP contribution in [0.4, 0.5) is 5.69 Å². The Balaban J connectivity index is 1.49. The van der Waals surface area contributed by atoms with Gasteiger partial charge in [-0.1, -0.05) is 29.8 Å². The van der Waals surface area contributed by atoms with Gasteiger partial charge in [0.15, 0.2) is 5.75 Å². The van der Waals surface area contributed by atoms with Crippen LogP contribution >= 0.6 is 11.6 Å². The Bertz CT molecular complexity index is 1250. The molecule has 1 N–H and O–H groups in total. The summed E-state index contributed by atoms with van der Waals surface area (Å²) in [5.41, 5.74) is 0.427. The number of halogens is 1. The number of piperidine rings is 1. The molecule has 0 bridgehead atoms. The normalized spacial score (nSPS) is 16.6. The lowest BCUT2D eigenvalue weighted by Crippen LogP contribution is -2.43. The van der Waals surface area contributed by atoms with Crippen LogP contribution in [0.3, 0.4) is 0 Å². The molecule has 3 aromatic carbocycles. The number of ether oxygens (including phenoxy) is 2. The highest BCUT2D eigenvalue weighted by Gasteiger charge is 2.33. The number of sulfonamides is 1. The van der Waals surface area contributed by atoms with Gasteiger partial charge >= 0.3 is 0 Å². The van der Waals surface area contributed by atoms with Crippen LogP contribution in [0.25, 0.3) is 0 Å². The van der Waals surface area contributed by atoms with Gasteiger partial charge in [0.05, 0.1) is 23.6 Å². The highest BCUT2D eigenvalue weighted by molar-refractivity contribution is 7.89. The van der Waals surface area contributed by atoms with Crippen LogP contribution < -0.4 is 14.8 Å². The van der Waals surface area contributed by atoms with E-state index in [1.807, 2.05) is 30.3 Å². The predicted molar refractivity (Wildman–Crippen MR) is 131 cm³/mol. The molecule has 0 unspecified atom stereocenters. The molecule has 3 aromatic rings. The Morgan fingerprint density at radius 1 is 1.03 bits per heavy atom. The van der Waals surface area contributed by atoms with Crippen LogP contribution in [-0.2, 0) is 14.8 Å². The van der Waals surface area contributed by atoms with Crippen molar-refractivity contribution in [1.82, 2.24) is 4.31 Å². The summed E-state index contributed by atoms with van der Waals surface area (Å²) in [6, 6.07) is 20.4. The SMILES string of the molecule is COc1ccc(S(=O)(=O)N2CCC[C@@H](C(=O)Nc3cc(Cl)ccc3Oc3ccccc3)C2)cc1. The summed E-state index contributed by atoms with van der Waals surface area (Å²) >= 11 is 6.16. The Hall–Kier alpha value is -3.07. The summed E-state index contributed by atoms with van der Waals surface area (Å²) in [6.07, 6.45) is 1.16. The van der Waals surface area contributed by atoms with Crippen molar-refractivity contribution in [3.05, 3.63) is 77.8 Å². The lowest BCUT2D eigenvalue weighted by Gasteiger charge is -2.31. The Kier molecular flexibility index (Phi) is 7.41. The molecule has 9 heteroatoms. The molecule has 0 saturated carbocycles. The molecular formula is C25H25ClN2O5S. The number of benzene rings is 3. The highest BCUT2D eigenvalue weighted by Crippen LogP contribution is 2.33. The average Bonchev–Trinajstić information content (AvgIpc) is 2.86. The quantitative estimate of drug-likeness (QED) is 0.483. The molecule has 1 saturated heterocycles. The van der Waals surface area contributed by atoms with Crippen molar-refractivity contribution < 1.29 is 22.7 Å². The van der Waals surface area contributed by atoms with E-state index in [1.54, 1.807) is 30.3 Å². The molecule has 7 nitrogen and oxygen atoms in total. The van der Waals surface area contributed by atoms with Gasteiger partial charge in [0.25, 0.3) is 0 Å². The number of amides is 1. The number of anilines is 1. The lowest BCUT2D eigenvalue weighted by atomic mass is 9.98. The molecule has 1 fully saturated rings. The van der Waals surface area contributed by atoms with E-state index in [2.05, 4.69) is 5.32 Å². The van der Waals surface area contributed by atoms with Crippen LogP contribution in [0.1, 0.15) is 12.8 Å². The van der Waals surface area contributed by atoms with Crippen LogP contribution in [0.5, 0.6) is 17.2 Å². The number of hydrogen-bond acceptors (Lipinski definition) is 5. The van der Waals surface area contributed by atoms with Crippen molar-refractivity contribution in [3.8, 4) is 17.2 Å². The van der Waals surface area contributed by atoms with E-state index in [-0.39, 0.29) is 17.3 Å². The predicted octanol–water partition coefficient (Wildman–Crippen LogP) is 5.18. The van der Waals surface area contributed by atoms with E-state index in [1.165, 1.54) is 23.5 Å². The van der Waals surface area contributed by atoms with Crippen LogP contribution in [0, 0.1) is 5.92 Å². The maximum Gasteiger partial charge on any atom is 0.243 e. The standard InChI is InChI=1S/C25H25ClN2O5S/c1-32-20-10-12-22(13-11-20)34(30,31)28-15-5-6-18(17-28)25(29)27-23-16-19(26)9-14-24(23)33-21-7-3-2-4-8-21/h2-4,7-14,16,18H,5-6,15,17H2,1H3,(H,27,29)/t18-/m1/s1. The Morgan fingerprint density at radius 2 is 1.76 bits per heavy atom. The summed E-state index contributed by atoms with van der Waals surface area (Å²) in [4.78, 5) is 13.3. The van der Waals surface area contributed by atoms with E-state index < -0.39 is 15.9 Å². The number of para-hydroxylation sites is 1. The van der Waals surface area contributed by atoms with Gasteiger partial charge in [0.1, 0.15) is 11.5 Å². The van der Waals surface area contributed by atoms with Crippen LogP contribution in [-0.4, -0.2) is 38.8 Å². The van der Waals surface area contributed by atoms with Crippen molar-refractivity contribution in [2.75, 3.05) is 25.5 Å². The van der Waals surface area contributed by atoms with E-state index in [0.717, 1.165) is 0 Å². The maximum absolute atomic E-state index is 13.1. The van der Waals surface area contributed by atoms with Crippen molar-refractivity contribution in [1.29, 1.82) is 0 Å².